The van der Waals surface area contributed by atoms with E-state index in [0.29, 0.717) is 31.7 Å². The zero-order chi connectivity index (χ0) is 21.8. The molecule has 1 amide bonds. The standard InChI is InChI=1S/C22H25FN4O3S/c23-18-6-4-17(5-7-18)15-24-22(28)10-13-26-16-25-20-14-19(8-9-21(20)26)31(29,30)27-11-2-1-3-12-27/h4-9,14,16H,1-3,10-13,15H2,(H,24,28). The molecular formula is C22H25FN4O3S. The summed E-state index contributed by atoms with van der Waals surface area (Å²) < 4.78 is 42.1. The van der Waals surface area contributed by atoms with Gasteiger partial charge >= 0.3 is 0 Å². The number of imidazole rings is 1. The highest BCUT2D eigenvalue weighted by atomic mass is 32.2. The number of fused-ring (bicyclic) bond motifs is 1. The molecule has 1 fully saturated rings. The van der Waals surface area contributed by atoms with E-state index >= 15 is 0 Å². The first-order valence-electron chi connectivity index (χ1n) is 10.4. The van der Waals surface area contributed by atoms with E-state index in [1.54, 1.807) is 41.0 Å². The zero-order valence-electron chi connectivity index (χ0n) is 17.1. The van der Waals surface area contributed by atoms with Gasteiger partial charge in [-0.3, -0.25) is 4.79 Å². The van der Waals surface area contributed by atoms with Gasteiger partial charge in [0.2, 0.25) is 15.9 Å². The molecule has 1 aliphatic rings. The molecule has 3 aromatic rings. The summed E-state index contributed by atoms with van der Waals surface area (Å²) in [4.78, 5) is 16.8. The van der Waals surface area contributed by atoms with E-state index in [1.807, 2.05) is 4.57 Å². The number of halogens is 1. The lowest BCUT2D eigenvalue weighted by Gasteiger charge is -2.25. The molecule has 0 saturated carbocycles. The second-order valence-electron chi connectivity index (χ2n) is 7.71. The minimum atomic E-state index is -3.51. The van der Waals surface area contributed by atoms with Crippen LogP contribution in [0.2, 0.25) is 0 Å². The van der Waals surface area contributed by atoms with Crippen molar-refractivity contribution in [3.8, 4) is 0 Å². The van der Waals surface area contributed by atoms with Gasteiger partial charge in [-0.25, -0.2) is 17.8 Å². The molecule has 31 heavy (non-hydrogen) atoms. The van der Waals surface area contributed by atoms with E-state index < -0.39 is 10.0 Å². The van der Waals surface area contributed by atoms with Crippen LogP contribution in [0.1, 0.15) is 31.2 Å². The number of piperidine rings is 1. The van der Waals surface area contributed by atoms with Crippen LogP contribution in [0.3, 0.4) is 0 Å². The summed E-state index contributed by atoms with van der Waals surface area (Å²) in [5, 5.41) is 2.81. The third-order valence-electron chi connectivity index (χ3n) is 5.53. The summed E-state index contributed by atoms with van der Waals surface area (Å²) in [5.41, 5.74) is 2.19. The highest BCUT2D eigenvalue weighted by Gasteiger charge is 2.26. The summed E-state index contributed by atoms with van der Waals surface area (Å²) in [7, 11) is -3.51. The van der Waals surface area contributed by atoms with Crippen LogP contribution in [0, 0.1) is 5.82 Å². The molecule has 4 rings (SSSR count). The van der Waals surface area contributed by atoms with Gasteiger partial charge in [-0.2, -0.15) is 4.31 Å². The van der Waals surface area contributed by atoms with Crippen molar-refractivity contribution in [2.45, 2.75) is 43.7 Å². The molecule has 0 bridgehead atoms. The smallest absolute Gasteiger partial charge is 0.243 e. The molecule has 7 nitrogen and oxygen atoms in total. The van der Waals surface area contributed by atoms with Crippen LogP contribution in [0.5, 0.6) is 0 Å². The first-order valence-corrected chi connectivity index (χ1v) is 11.8. The van der Waals surface area contributed by atoms with E-state index in [4.69, 9.17) is 0 Å². The number of sulfonamides is 1. The number of aryl methyl sites for hydroxylation is 1. The van der Waals surface area contributed by atoms with Crippen LogP contribution in [0.15, 0.2) is 53.7 Å². The normalized spacial score (nSPS) is 15.3. The molecule has 2 aromatic carbocycles. The Kier molecular flexibility index (Phi) is 6.33. The first kappa shape index (κ1) is 21.5. The highest BCUT2D eigenvalue weighted by Crippen LogP contribution is 2.24. The maximum absolute atomic E-state index is 12.9. The van der Waals surface area contributed by atoms with Gasteiger partial charge < -0.3 is 9.88 Å². The fourth-order valence-electron chi connectivity index (χ4n) is 3.75. The first-order chi connectivity index (χ1) is 14.9. The summed E-state index contributed by atoms with van der Waals surface area (Å²) in [5.74, 6) is -0.440. The van der Waals surface area contributed by atoms with Gasteiger partial charge in [-0.05, 0) is 48.7 Å². The van der Waals surface area contributed by atoms with Crippen molar-refractivity contribution < 1.29 is 17.6 Å². The molecule has 1 saturated heterocycles. The molecule has 0 unspecified atom stereocenters. The minimum absolute atomic E-state index is 0.129. The number of aromatic nitrogens is 2. The molecular weight excluding hydrogens is 419 g/mol. The number of carbonyl (C=O) groups is 1. The van der Waals surface area contributed by atoms with Crippen molar-refractivity contribution in [3.05, 3.63) is 60.2 Å². The monoisotopic (exact) mass is 444 g/mol. The Labute approximate surface area is 180 Å². The zero-order valence-corrected chi connectivity index (χ0v) is 17.9. The summed E-state index contributed by atoms with van der Waals surface area (Å²) in [6.45, 7) is 1.87. The van der Waals surface area contributed by atoms with Crippen LogP contribution < -0.4 is 5.32 Å². The maximum atomic E-state index is 12.9. The third kappa shape index (κ3) is 4.94. The van der Waals surface area contributed by atoms with Crippen molar-refractivity contribution in [2.75, 3.05) is 13.1 Å². The Morgan fingerprint density at radius 2 is 1.81 bits per heavy atom. The lowest BCUT2D eigenvalue weighted by molar-refractivity contribution is -0.121. The molecule has 164 valence electrons. The fourth-order valence-corrected chi connectivity index (χ4v) is 5.29. The van der Waals surface area contributed by atoms with Gasteiger partial charge in [0.05, 0.1) is 22.3 Å². The van der Waals surface area contributed by atoms with Crippen LogP contribution in [0.25, 0.3) is 11.0 Å². The second kappa shape index (κ2) is 9.15. The predicted molar refractivity (Wildman–Crippen MR) is 115 cm³/mol. The molecule has 9 heteroatoms. The average molecular weight is 445 g/mol. The molecule has 0 spiro atoms. The molecule has 1 aromatic heterocycles. The molecule has 1 aliphatic heterocycles. The van der Waals surface area contributed by atoms with Crippen molar-refractivity contribution in [2.24, 2.45) is 0 Å². The number of nitrogens with zero attached hydrogens (tertiary/aromatic N) is 3. The van der Waals surface area contributed by atoms with Gasteiger partial charge in [-0.1, -0.05) is 18.6 Å². The van der Waals surface area contributed by atoms with Crippen molar-refractivity contribution in [1.29, 1.82) is 0 Å². The molecule has 2 heterocycles. The number of benzene rings is 2. The Hall–Kier alpha value is -2.78. The van der Waals surface area contributed by atoms with E-state index in [0.717, 1.165) is 30.3 Å². The number of rotatable bonds is 7. The average Bonchev–Trinajstić information content (AvgIpc) is 3.20. The van der Waals surface area contributed by atoms with E-state index in [9.17, 15) is 17.6 Å². The fraction of sp³-hybridized carbons (Fsp3) is 0.364. The highest BCUT2D eigenvalue weighted by molar-refractivity contribution is 7.89. The van der Waals surface area contributed by atoms with Crippen LogP contribution in [-0.2, 0) is 27.9 Å². The summed E-state index contributed by atoms with van der Waals surface area (Å²) in [6, 6.07) is 10.9. The van der Waals surface area contributed by atoms with E-state index in [2.05, 4.69) is 10.3 Å². The topological polar surface area (TPSA) is 84.3 Å². The lowest BCUT2D eigenvalue weighted by Crippen LogP contribution is -2.35. The van der Waals surface area contributed by atoms with Crippen molar-refractivity contribution in [3.63, 3.8) is 0 Å². The number of hydrogen-bond donors (Lipinski definition) is 1. The number of carbonyl (C=O) groups excluding carboxylic acids is 1. The van der Waals surface area contributed by atoms with Crippen LogP contribution in [0.4, 0.5) is 4.39 Å². The second-order valence-corrected chi connectivity index (χ2v) is 9.64. The predicted octanol–water partition coefficient (Wildman–Crippen LogP) is 3.06. The molecule has 0 atom stereocenters. The van der Waals surface area contributed by atoms with E-state index in [-0.39, 0.29) is 23.0 Å². The SMILES string of the molecule is O=C(CCn1cnc2cc(S(=O)(=O)N3CCCCC3)ccc21)NCc1ccc(F)cc1. The maximum Gasteiger partial charge on any atom is 0.243 e. The lowest BCUT2D eigenvalue weighted by atomic mass is 10.2. The molecule has 1 N–H and O–H groups in total. The van der Waals surface area contributed by atoms with Gasteiger partial charge in [0.1, 0.15) is 5.82 Å². The quantitative estimate of drug-likeness (QED) is 0.607. The van der Waals surface area contributed by atoms with Gasteiger partial charge in [0.25, 0.3) is 0 Å². The Morgan fingerprint density at radius 1 is 1.06 bits per heavy atom. The van der Waals surface area contributed by atoms with E-state index in [1.165, 1.54) is 12.1 Å². The molecule has 0 radical (unpaired) electrons. The van der Waals surface area contributed by atoms with Gasteiger partial charge in [0.15, 0.2) is 0 Å². The Morgan fingerprint density at radius 3 is 2.55 bits per heavy atom. The number of hydrogen-bond acceptors (Lipinski definition) is 4. The van der Waals surface area contributed by atoms with Crippen LogP contribution in [-0.4, -0.2) is 41.3 Å². The Bertz CT molecular complexity index is 1170. The number of amides is 1. The summed E-state index contributed by atoms with van der Waals surface area (Å²) >= 11 is 0. The van der Waals surface area contributed by atoms with Gasteiger partial charge in [-0.15, -0.1) is 0 Å². The number of nitrogens with one attached hydrogen (secondary N) is 1. The minimum Gasteiger partial charge on any atom is -0.352 e. The van der Waals surface area contributed by atoms with Crippen LogP contribution >= 0.6 is 0 Å². The third-order valence-corrected chi connectivity index (χ3v) is 7.42. The van der Waals surface area contributed by atoms with Gasteiger partial charge in [0, 0.05) is 32.6 Å². The van der Waals surface area contributed by atoms with Crippen molar-refractivity contribution in [1.82, 2.24) is 19.2 Å². The molecule has 0 aliphatic carbocycles. The van der Waals surface area contributed by atoms with Crippen molar-refractivity contribution >= 4 is 27.0 Å². The summed E-state index contributed by atoms with van der Waals surface area (Å²) in [6.07, 6.45) is 4.71. The largest absolute Gasteiger partial charge is 0.352 e. The Balaban J connectivity index is 1.39.